The zero-order valence-electron chi connectivity index (χ0n) is 16.2. The molecule has 0 aliphatic rings. The number of aromatic nitrogens is 2. The van der Waals surface area contributed by atoms with Crippen molar-refractivity contribution in [3.05, 3.63) is 77.1 Å². The molecule has 146 valence electrons. The summed E-state index contributed by atoms with van der Waals surface area (Å²) in [7, 11) is 0. The Balaban J connectivity index is 2.05. The molecule has 0 unspecified atom stereocenters. The Morgan fingerprint density at radius 3 is 2.14 bits per heavy atom. The zero-order chi connectivity index (χ0) is 20.3. The minimum absolute atomic E-state index is 0.285. The first-order chi connectivity index (χ1) is 13.4. The number of anilines is 1. The van der Waals surface area contributed by atoms with Crippen LogP contribution in [-0.2, 0) is 12.8 Å². The third-order valence-corrected chi connectivity index (χ3v) is 4.39. The summed E-state index contributed by atoms with van der Waals surface area (Å²) < 4.78 is 28.2. The maximum Gasteiger partial charge on any atom is 0.259 e. The average Bonchev–Trinajstić information content (AvgIpc) is 3.01. The Morgan fingerprint density at radius 1 is 1.04 bits per heavy atom. The molecule has 0 aliphatic heterocycles. The van der Waals surface area contributed by atoms with Crippen molar-refractivity contribution in [1.82, 2.24) is 9.78 Å². The van der Waals surface area contributed by atoms with Gasteiger partial charge < -0.3 is 5.32 Å². The smallest absolute Gasteiger partial charge is 0.259 e. The fraction of sp³-hybridized carbons (Fsp3) is 0.273. The lowest BCUT2D eigenvalue weighted by Gasteiger charge is -2.09. The summed E-state index contributed by atoms with van der Waals surface area (Å²) in [6.07, 6.45) is 1.21. The monoisotopic (exact) mass is 383 g/mol. The second kappa shape index (κ2) is 8.33. The van der Waals surface area contributed by atoms with Gasteiger partial charge in [0.05, 0.1) is 22.6 Å². The normalized spacial score (nSPS) is 11.1. The number of rotatable bonds is 6. The molecule has 1 amide bonds. The second-order valence-electron chi connectivity index (χ2n) is 7.07. The Labute approximate surface area is 163 Å². The number of halogens is 2. The van der Waals surface area contributed by atoms with E-state index in [-0.39, 0.29) is 17.5 Å². The van der Waals surface area contributed by atoms with Gasteiger partial charge in [0.15, 0.2) is 0 Å². The van der Waals surface area contributed by atoms with E-state index in [1.54, 1.807) is 16.8 Å². The fourth-order valence-corrected chi connectivity index (χ4v) is 3.14. The van der Waals surface area contributed by atoms with Gasteiger partial charge in [-0.1, -0.05) is 20.8 Å². The quantitative estimate of drug-likeness (QED) is 0.639. The number of carbonyl (C=O) groups is 1. The van der Waals surface area contributed by atoms with E-state index in [0.29, 0.717) is 41.4 Å². The number of carbonyl (C=O) groups excluding carboxylic acids is 1. The molecule has 1 heterocycles. The van der Waals surface area contributed by atoms with Crippen LogP contribution in [0.25, 0.3) is 5.69 Å². The van der Waals surface area contributed by atoms with Crippen LogP contribution < -0.4 is 5.32 Å². The molecule has 0 atom stereocenters. The predicted octanol–water partition coefficient (Wildman–Crippen LogP) is 5.16. The third-order valence-electron chi connectivity index (χ3n) is 4.39. The van der Waals surface area contributed by atoms with Crippen LogP contribution >= 0.6 is 0 Å². The summed E-state index contributed by atoms with van der Waals surface area (Å²) >= 11 is 0. The Bertz CT molecular complexity index is 961. The summed E-state index contributed by atoms with van der Waals surface area (Å²) in [5.74, 6) is -0.673. The summed E-state index contributed by atoms with van der Waals surface area (Å²) in [5.41, 5.74) is 3.17. The SMILES string of the molecule is CCc1c(C(=O)Nc2ccc(F)cc2)c(CC(C)C)nn1-c1ccc(F)cc1. The van der Waals surface area contributed by atoms with Crippen LogP contribution in [0.1, 0.15) is 42.5 Å². The molecule has 28 heavy (non-hydrogen) atoms. The first-order valence-electron chi connectivity index (χ1n) is 9.32. The van der Waals surface area contributed by atoms with Gasteiger partial charge in [0.25, 0.3) is 5.91 Å². The number of hydrogen-bond donors (Lipinski definition) is 1. The maximum absolute atomic E-state index is 13.3. The average molecular weight is 383 g/mol. The van der Waals surface area contributed by atoms with Crippen LogP contribution in [0.5, 0.6) is 0 Å². The first-order valence-corrected chi connectivity index (χ1v) is 9.32. The molecule has 3 aromatic rings. The van der Waals surface area contributed by atoms with Crippen LogP contribution in [0.4, 0.5) is 14.5 Å². The van der Waals surface area contributed by atoms with Gasteiger partial charge in [-0.3, -0.25) is 4.79 Å². The standard InChI is InChI=1S/C22H23F2N3O/c1-4-20-21(22(28)25-17-9-5-15(23)6-10-17)19(13-14(2)3)26-27(20)18-11-7-16(24)8-12-18/h5-12,14H,4,13H2,1-3H3,(H,25,28). The van der Waals surface area contributed by atoms with Crippen molar-refractivity contribution >= 4 is 11.6 Å². The molecule has 0 saturated carbocycles. The van der Waals surface area contributed by atoms with Crippen molar-refractivity contribution in [3.8, 4) is 5.69 Å². The number of hydrogen-bond acceptors (Lipinski definition) is 2. The topological polar surface area (TPSA) is 46.9 Å². The molecular formula is C22H23F2N3O. The van der Waals surface area contributed by atoms with Gasteiger partial charge in [-0.15, -0.1) is 0 Å². The molecule has 3 rings (SSSR count). The lowest BCUT2D eigenvalue weighted by atomic mass is 10.0. The number of nitrogens with one attached hydrogen (secondary N) is 1. The highest BCUT2D eigenvalue weighted by atomic mass is 19.1. The molecule has 4 nitrogen and oxygen atoms in total. The van der Waals surface area contributed by atoms with Gasteiger partial charge in [-0.2, -0.15) is 5.10 Å². The summed E-state index contributed by atoms with van der Waals surface area (Å²) in [6, 6.07) is 11.7. The summed E-state index contributed by atoms with van der Waals surface area (Å²) in [5, 5.41) is 7.50. The highest BCUT2D eigenvalue weighted by Crippen LogP contribution is 2.24. The molecule has 1 N–H and O–H groups in total. The number of benzene rings is 2. The van der Waals surface area contributed by atoms with Crippen LogP contribution in [0.2, 0.25) is 0 Å². The van der Waals surface area contributed by atoms with Gasteiger partial charge in [0.1, 0.15) is 11.6 Å². The van der Waals surface area contributed by atoms with Gasteiger partial charge in [0, 0.05) is 5.69 Å². The van der Waals surface area contributed by atoms with E-state index in [2.05, 4.69) is 24.3 Å². The molecule has 0 spiro atoms. The van der Waals surface area contributed by atoms with E-state index in [1.807, 2.05) is 6.92 Å². The van der Waals surface area contributed by atoms with Crippen LogP contribution in [0, 0.1) is 17.6 Å². The molecule has 0 fully saturated rings. The Hall–Kier alpha value is -3.02. The molecule has 0 saturated heterocycles. The van der Waals surface area contributed by atoms with E-state index in [0.717, 1.165) is 5.69 Å². The molecular weight excluding hydrogens is 360 g/mol. The van der Waals surface area contributed by atoms with E-state index in [9.17, 15) is 13.6 Å². The van der Waals surface area contributed by atoms with E-state index < -0.39 is 0 Å². The van der Waals surface area contributed by atoms with Crippen LogP contribution in [-0.4, -0.2) is 15.7 Å². The molecule has 0 bridgehead atoms. The summed E-state index contributed by atoms with van der Waals surface area (Å²) in [4.78, 5) is 13.1. The molecule has 0 aliphatic carbocycles. The molecule has 0 radical (unpaired) electrons. The molecule has 2 aromatic carbocycles. The van der Waals surface area contributed by atoms with Crippen molar-refractivity contribution in [2.75, 3.05) is 5.32 Å². The van der Waals surface area contributed by atoms with E-state index >= 15 is 0 Å². The minimum atomic E-state index is -0.364. The van der Waals surface area contributed by atoms with Gasteiger partial charge >= 0.3 is 0 Å². The van der Waals surface area contributed by atoms with Gasteiger partial charge in [0.2, 0.25) is 0 Å². The Morgan fingerprint density at radius 2 is 1.61 bits per heavy atom. The third kappa shape index (κ3) is 4.27. The Kier molecular flexibility index (Phi) is 5.87. The van der Waals surface area contributed by atoms with Crippen LogP contribution in [0.15, 0.2) is 48.5 Å². The number of nitrogens with zero attached hydrogens (tertiary/aromatic N) is 2. The molecule has 6 heteroatoms. The lowest BCUT2D eigenvalue weighted by Crippen LogP contribution is -2.16. The highest BCUT2D eigenvalue weighted by molar-refractivity contribution is 6.06. The number of amides is 1. The maximum atomic E-state index is 13.3. The zero-order valence-corrected chi connectivity index (χ0v) is 16.2. The van der Waals surface area contributed by atoms with Crippen molar-refractivity contribution in [1.29, 1.82) is 0 Å². The van der Waals surface area contributed by atoms with Crippen LogP contribution in [0.3, 0.4) is 0 Å². The van der Waals surface area contributed by atoms with Crippen molar-refractivity contribution in [2.45, 2.75) is 33.6 Å². The first kappa shape index (κ1) is 19.7. The van der Waals surface area contributed by atoms with E-state index in [4.69, 9.17) is 0 Å². The lowest BCUT2D eigenvalue weighted by molar-refractivity contribution is 0.102. The van der Waals surface area contributed by atoms with Gasteiger partial charge in [-0.05, 0) is 67.3 Å². The van der Waals surface area contributed by atoms with Crippen molar-refractivity contribution in [2.24, 2.45) is 5.92 Å². The predicted molar refractivity (Wildman–Crippen MR) is 106 cm³/mol. The van der Waals surface area contributed by atoms with Crippen molar-refractivity contribution < 1.29 is 13.6 Å². The van der Waals surface area contributed by atoms with Gasteiger partial charge in [-0.25, -0.2) is 13.5 Å². The largest absolute Gasteiger partial charge is 0.322 e. The van der Waals surface area contributed by atoms with Crippen molar-refractivity contribution in [3.63, 3.8) is 0 Å². The molecule has 1 aromatic heterocycles. The summed E-state index contributed by atoms with van der Waals surface area (Å²) in [6.45, 7) is 6.07. The van der Waals surface area contributed by atoms with E-state index in [1.165, 1.54) is 36.4 Å². The fourth-order valence-electron chi connectivity index (χ4n) is 3.14. The second-order valence-corrected chi connectivity index (χ2v) is 7.07. The minimum Gasteiger partial charge on any atom is -0.322 e. The highest BCUT2D eigenvalue weighted by Gasteiger charge is 2.24.